The van der Waals surface area contributed by atoms with Crippen molar-refractivity contribution in [3.63, 3.8) is 0 Å². The zero-order valence-electron chi connectivity index (χ0n) is 19.2. The number of nitrogens with one attached hydrogen (secondary N) is 2. The number of carbonyl (C=O) groups is 2. The molecule has 10 nitrogen and oxygen atoms in total. The van der Waals surface area contributed by atoms with E-state index in [1.54, 1.807) is 34.3 Å². The smallest absolute Gasteiger partial charge is 0.251 e. The molecule has 0 aliphatic heterocycles. The minimum atomic E-state index is -0.512. The molecule has 2 amide bonds. The van der Waals surface area contributed by atoms with Gasteiger partial charge in [0, 0.05) is 23.2 Å². The number of rotatable bonds is 10. The number of aromatic nitrogens is 4. The molecule has 0 aliphatic rings. The first-order valence-electron chi connectivity index (χ1n) is 10.5. The van der Waals surface area contributed by atoms with Gasteiger partial charge in [-0.1, -0.05) is 17.8 Å². The lowest BCUT2D eigenvalue weighted by atomic mass is 10.2. The van der Waals surface area contributed by atoms with Gasteiger partial charge in [-0.25, -0.2) is 9.37 Å². The van der Waals surface area contributed by atoms with Gasteiger partial charge in [-0.05, 0) is 30.3 Å². The van der Waals surface area contributed by atoms with Crippen LogP contribution in [0.5, 0.6) is 11.5 Å². The van der Waals surface area contributed by atoms with E-state index in [1.807, 2.05) is 0 Å². The van der Waals surface area contributed by atoms with Crippen molar-refractivity contribution in [1.29, 1.82) is 0 Å². The first-order valence-corrected chi connectivity index (χ1v) is 12.4. The first-order chi connectivity index (χ1) is 17.5. The van der Waals surface area contributed by atoms with Crippen LogP contribution in [0.1, 0.15) is 16.2 Å². The number of anilines is 1. The molecule has 0 bridgehead atoms. The van der Waals surface area contributed by atoms with Crippen LogP contribution < -0.4 is 20.1 Å². The second-order valence-corrected chi connectivity index (χ2v) is 8.98. The van der Waals surface area contributed by atoms with Gasteiger partial charge in [-0.15, -0.1) is 21.5 Å². The van der Waals surface area contributed by atoms with Gasteiger partial charge in [0.05, 0.1) is 32.2 Å². The Morgan fingerprint density at radius 2 is 2.00 bits per heavy atom. The summed E-state index contributed by atoms with van der Waals surface area (Å²) in [7, 11) is 3.06. The van der Waals surface area contributed by atoms with Crippen LogP contribution in [0.4, 0.5) is 9.52 Å². The third-order valence-corrected chi connectivity index (χ3v) is 6.45. The second kappa shape index (κ2) is 11.6. The lowest BCUT2D eigenvalue weighted by Crippen LogP contribution is -2.25. The second-order valence-electron chi connectivity index (χ2n) is 7.14. The molecule has 4 rings (SSSR count). The lowest BCUT2D eigenvalue weighted by Gasteiger charge is -2.15. The van der Waals surface area contributed by atoms with Crippen LogP contribution in [0.3, 0.4) is 0 Å². The summed E-state index contributed by atoms with van der Waals surface area (Å²) >= 11 is 2.47. The van der Waals surface area contributed by atoms with Gasteiger partial charge in [0.15, 0.2) is 16.1 Å². The molecule has 2 aromatic heterocycles. The summed E-state index contributed by atoms with van der Waals surface area (Å²) in [6.45, 7) is -0.0193. The van der Waals surface area contributed by atoms with E-state index in [2.05, 4.69) is 25.8 Å². The van der Waals surface area contributed by atoms with Crippen molar-refractivity contribution >= 4 is 40.0 Å². The molecule has 186 valence electrons. The fourth-order valence-electron chi connectivity index (χ4n) is 3.18. The number of amides is 2. The minimum Gasteiger partial charge on any atom is -0.497 e. The van der Waals surface area contributed by atoms with Crippen LogP contribution in [0.2, 0.25) is 0 Å². The zero-order chi connectivity index (χ0) is 25.5. The molecular weight excluding hydrogens is 507 g/mol. The highest BCUT2D eigenvalue weighted by Gasteiger charge is 2.20. The Hall–Kier alpha value is -3.97. The van der Waals surface area contributed by atoms with Crippen LogP contribution >= 0.6 is 23.1 Å². The summed E-state index contributed by atoms with van der Waals surface area (Å²) in [5.74, 6) is 0.228. The fourth-order valence-corrected chi connectivity index (χ4v) is 4.49. The third-order valence-electron chi connectivity index (χ3n) is 4.83. The summed E-state index contributed by atoms with van der Waals surface area (Å²) in [6, 6.07) is 10.6. The summed E-state index contributed by atoms with van der Waals surface area (Å²) in [4.78, 5) is 29.0. The maximum Gasteiger partial charge on any atom is 0.251 e. The molecule has 4 aromatic rings. The van der Waals surface area contributed by atoms with Crippen LogP contribution in [0, 0.1) is 5.82 Å². The normalized spacial score (nSPS) is 10.6. The van der Waals surface area contributed by atoms with Gasteiger partial charge in [-0.2, -0.15) is 0 Å². The number of nitrogens with zero attached hydrogens (tertiary/aromatic N) is 4. The Kier molecular flexibility index (Phi) is 8.13. The number of hydrogen-bond acceptors (Lipinski definition) is 9. The topological polar surface area (TPSA) is 120 Å². The van der Waals surface area contributed by atoms with E-state index in [0.717, 1.165) is 17.8 Å². The molecule has 2 heterocycles. The minimum absolute atomic E-state index is 0.0193. The van der Waals surface area contributed by atoms with Crippen molar-refractivity contribution in [2.75, 3.05) is 25.3 Å². The number of thioether (sulfide) groups is 1. The maximum atomic E-state index is 13.5. The van der Waals surface area contributed by atoms with E-state index < -0.39 is 11.7 Å². The van der Waals surface area contributed by atoms with Crippen LogP contribution in [0.25, 0.3) is 5.69 Å². The molecule has 0 atom stereocenters. The highest BCUT2D eigenvalue weighted by Crippen LogP contribution is 2.32. The summed E-state index contributed by atoms with van der Waals surface area (Å²) < 4.78 is 26.1. The molecule has 0 saturated heterocycles. The molecule has 2 N–H and O–H groups in total. The van der Waals surface area contributed by atoms with Crippen LogP contribution in [-0.4, -0.2) is 51.5 Å². The highest BCUT2D eigenvalue weighted by atomic mass is 32.2. The number of halogens is 1. The van der Waals surface area contributed by atoms with Gasteiger partial charge in [-0.3, -0.25) is 14.2 Å². The van der Waals surface area contributed by atoms with Crippen molar-refractivity contribution in [1.82, 2.24) is 25.1 Å². The largest absolute Gasteiger partial charge is 0.497 e. The fraction of sp³-hybridized carbons (Fsp3) is 0.174. The van der Waals surface area contributed by atoms with Gasteiger partial charge < -0.3 is 20.1 Å². The zero-order valence-corrected chi connectivity index (χ0v) is 20.9. The van der Waals surface area contributed by atoms with Gasteiger partial charge in [0.1, 0.15) is 17.3 Å². The Balaban J connectivity index is 1.61. The Morgan fingerprint density at radius 1 is 1.14 bits per heavy atom. The standard InChI is InChI=1S/C23H21FN6O4S2/c1-33-16-6-7-18(34-2)17(11-16)30-19(12-26-21(32)14-4-3-5-15(24)10-14)28-29-23(30)36-13-20(31)27-22-25-8-9-35-22/h3-11H,12-13H2,1-2H3,(H,26,32)(H,25,27,31). The molecular formula is C23H21FN6O4S2. The number of methoxy groups -OCH3 is 2. The average molecular weight is 529 g/mol. The molecule has 0 saturated carbocycles. The SMILES string of the molecule is COc1ccc(OC)c(-n2c(CNC(=O)c3cccc(F)c3)nnc2SCC(=O)Nc2nccs2)c1. The van der Waals surface area contributed by atoms with Gasteiger partial charge in [0.25, 0.3) is 5.91 Å². The number of benzene rings is 2. The molecule has 0 fully saturated rings. The van der Waals surface area contributed by atoms with Crippen LogP contribution in [-0.2, 0) is 11.3 Å². The van der Waals surface area contributed by atoms with E-state index in [-0.39, 0.29) is 23.8 Å². The van der Waals surface area contributed by atoms with Crippen molar-refractivity contribution < 1.29 is 23.5 Å². The number of hydrogen-bond donors (Lipinski definition) is 2. The van der Waals surface area contributed by atoms with E-state index in [1.165, 1.54) is 43.8 Å². The summed E-state index contributed by atoms with van der Waals surface area (Å²) in [5, 5.41) is 16.6. The molecule has 0 radical (unpaired) electrons. The van der Waals surface area contributed by atoms with Crippen LogP contribution in [0.15, 0.2) is 59.2 Å². The molecule has 0 aliphatic carbocycles. The number of ether oxygens (including phenoxy) is 2. The number of carbonyl (C=O) groups excluding carboxylic acids is 2. The predicted octanol–water partition coefficient (Wildman–Crippen LogP) is 3.54. The van der Waals surface area contributed by atoms with E-state index >= 15 is 0 Å². The maximum absolute atomic E-state index is 13.5. The van der Waals surface area contributed by atoms with Crippen molar-refractivity contribution in [3.8, 4) is 17.2 Å². The van der Waals surface area contributed by atoms with Crippen molar-refractivity contribution in [2.24, 2.45) is 0 Å². The van der Waals surface area contributed by atoms with Gasteiger partial charge in [0.2, 0.25) is 5.91 Å². The Bertz CT molecular complexity index is 1360. The quantitative estimate of drug-likeness (QED) is 0.300. The number of thiazole rings is 1. The molecule has 0 unspecified atom stereocenters. The first kappa shape index (κ1) is 25.1. The molecule has 0 spiro atoms. The van der Waals surface area contributed by atoms with E-state index in [0.29, 0.717) is 33.3 Å². The Morgan fingerprint density at radius 3 is 2.72 bits per heavy atom. The van der Waals surface area contributed by atoms with Gasteiger partial charge >= 0.3 is 0 Å². The predicted molar refractivity (Wildman–Crippen MR) is 134 cm³/mol. The molecule has 36 heavy (non-hydrogen) atoms. The highest BCUT2D eigenvalue weighted by molar-refractivity contribution is 7.99. The molecule has 13 heteroatoms. The van der Waals surface area contributed by atoms with Crippen molar-refractivity contribution in [2.45, 2.75) is 11.7 Å². The van der Waals surface area contributed by atoms with Crippen molar-refractivity contribution in [3.05, 3.63) is 71.2 Å². The van der Waals surface area contributed by atoms with E-state index in [4.69, 9.17) is 9.47 Å². The van der Waals surface area contributed by atoms with E-state index in [9.17, 15) is 14.0 Å². The molecule has 2 aromatic carbocycles. The summed E-state index contributed by atoms with van der Waals surface area (Å²) in [6.07, 6.45) is 1.60. The lowest BCUT2D eigenvalue weighted by molar-refractivity contribution is -0.113. The third kappa shape index (κ3) is 5.98. The monoisotopic (exact) mass is 528 g/mol. The Labute approximate surface area is 213 Å². The average Bonchev–Trinajstić information content (AvgIpc) is 3.55. The summed E-state index contributed by atoms with van der Waals surface area (Å²) in [5.41, 5.74) is 0.730.